The molecule has 0 unspecified atom stereocenters. The molecule has 0 aliphatic rings. The Labute approximate surface area is 146 Å². The van der Waals surface area contributed by atoms with Gasteiger partial charge in [0.1, 0.15) is 16.4 Å². The van der Waals surface area contributed by atoms with Crippen LogP contribution in [0.25, 0.3) is 21.8 Å². The Hall–Kier alpha value is -2.19. The fourth-order valence-electron chi connectivity index (χ4n) is 2.47. The summed E-state index contributed by atoms with van der Waals surface area (Å²) in [6.07, 6.45) is 0. The number of rotatable bonds is 4. The molecule has 6 nitrogen and oxygen atoms in total. The molecular formula is C16H18N4O2S2. The second kappa shape index (κ2) is 6.37. The predicted molar refractivity (Wildman–Crippen MR) is 99.6 cm³/mol. The molecule has 3 aromatic heterocycles. The van der Waals surface area contributed by atoms with Gasteiger partial charge >= 0.3 is 5.69 Å². The lowest BCUT2D eigenvalue weighted by Gasteiger charge is -2.15. The highest BCUT2D eigenvalue weighted by molar-refractivity contribution is 7.14. The Morgan fingerprint density at radius 3 is 2.67 bits per heavy atom. The molecule has 0 atom stereocenters. The highest BCUT2D eigenvalue weighted by atomic mass is 32.1. The van der Waals surface area contributed by atoms with Crippen molar-refractivity contribution in [3.63, 3.8) is 0 Å². The van der Waals surface area contributed by atoms with E-state index in [0.29, 0.717) is 12.2 Å². The van der Waals surface area contributed by atoms with Crippen molar-refractivity contribution >= 4 is 28.5 Å². The largest absolute Gasteiger partial charge is 0.384 e. The van der Waals surface area contributed by atoms with E-state index in [1.54, 1.807) is 11.3 Å². The van der Waals surface area contributed by atoms with Crippen molar-refractivity contribution in [1.82, 2.24) is 14.1 Å². The first-order valence-corrected chi connectivity index (χ1v) is 9.30. The zero-order chi connectivity index (χ0) is 17.4. The quantitative estimate of drug-likeness (QED) is 0.773. The number of thiophene rings is 1. The summed E-state index contributed by atoms with van der Waals surface area (Å²) in [5.74, 6) is 0.408. The van der Waals surface area contributed by atoms with Crippen molar-refractivity contribution in [3.05, 3.63) is 43.0 Å². The minimum atomic E-state index is -0.417. The molecule has 0 radical (unpaired) electrons. The van der Waals surface area contributed by atoms with E-state index in [1.165, 1.54) is 23.0 Å². The predicted octanol–water partition coefficient (Wildman–Crippen LogP) is 2.64. The molecule has 0 aliphatic carbocycles. The Morgan fingerprint density at radius 1 is 1.29 bits per heavy atom. The first-order valence-electron chi connectivity index (χ1n) is 7.48. The monoisotopic (exact) mass is 362 g/mol. The average molecular weight is 362 g/mol. The fourth-order valence-corrected chi connectivity index (χ4v) is 4.00. The topological polar surface area (TPSA) is 82.9 Å². The first-order chi connectivity index (χ1) is 11.4. The van der Waals surface area contributed by atoms with E-state index < -0.39 is 11.2 Å². The minimum Gasteiger partial charge on any atom is -0.384 e. The van der Waals surface area contributed by atoms with Crippen LogP contribution in [0.3, 0.4) is 0 Å². The van der Waals surface area contributed by atoms with Crippen LogP contribution in [0.2, 0.25) is 0 Å². The molecule has 3 aromatic rings. The van der Waals surface area contributed by atoms with Gasteiger partial charge in [-0.15, -0.1) is 11.3 Å². The smallest absolute Gasteiger partial charge is 0.332 e. The van der Waals surface area contributed by atoms with Gasteiger partial charge in [-0.3, -0.25) is 13.9 Å². The van der Waals surface area contributed by atoms with Gasteiger partial charge in [-0.25, -0.2) is 9.78 Å². The van der Waals surface area contributed by atoms with Crippen molar-refractivity contribution in [2.24, 2.45) is 13.0 Å². The van der Waals surface area contributed by atoms with Gasteiger partial charge in [0.05, 0.1) is 5.69 Å². The summed E-state index contributed by atoms with van der Waals surface area (Å²) < 4.78 is 2.54. The molecule has 3 heterocycles. The summed E-state index contributed by atoms with van der Waals surface area (Å²) in [7, 11) is 1.47. The third-order valence-electron chi connectivity index (χ3n) is 3.66. The second-order valence-corrected chi connectivity index (χ2v) is 7.60. The maximum Gasteiger partial charge on any atom is 0.332 e. The highest BCUT2D eigenvalue weighted by Gasteiger charge is 2.20. The van der Waals surface area contributed by atoms with Crippen molar-refractivity contribution in [2.45, 2.75) is 20.4 Å². The molecule has 0 saturated heterocycles. The van der Waals surface area contributed by atoms with Crippen LogP contribution in [0, 0.1) is 5.92 Å². The van der Waals surface area contributed by atoms with Gasteiger partial charge < -0.3 is 5.73 Å². The number of nitrogen functional groups attached to an aromatic ring is 1. The number of aromatic nitrogens is 3. The Morgan fingerprint density at radius 2 is 2.04 bits per heavy atom. The van der Waals surface area contributed by atoms with Crippen molar-refractivity contribution < 1.29 is 0 Å². The molecule has 0 aliphatic heterocycles. The molecule has 24 heavy (non-hydrogen) atoms. The van der Waals surface area contributed by atoms with E-state index in [1.807, 2.05) is 36.1 Å². The van der Waals surface area contributed by atoms with Crippen LogP contribution in [-0.2, 0) is 13.6 Å². The molecule has 0 fully saturated rings. The highest BCUT2D eigenvalue weighted by Crippen LogP contribution is 2.30. The van der Waals surface area contributed by atoms with Gasteiger partial charge in [-0.05, 0) is 17.4 Å². The normalized spacial score (nSPS) is 11.3. The summed E-state index contributed by atoms with van der Waals surface area (Å²) in [6, 6.07) is 1.98. The van der Waals surface area contributed by atoms with E-state index >= 15 is 0 Å². The number of nitrogens with two attached hydrogens (primary N) is 1. The number of anilines is 1. The van der Waals surface area contributed by atoms with Crippen LogP contribution in [0.1, 0.15) is 13.8 Å². The Kier molecular flexibility index (Phi) is 4.42. The van der Waals surface area contributed by atoms with Crippen LogP contribution in [0.15, 0.2) is 31.8 Å². The molecular weight excluding hydrogens is 344 g/mol. The van der Waals surface area contributed by atoms with Gasteiger partial charge in [0.25, 0.3) is 5.56 Å². The minimum absolute atomic E-state index is 0.180. The van der Waals surface area contributed by atoms with Crippen LogP contribution in [0.4, 0.5) is 5.82 Å². The molecule has 0 saturated carbocycles. The Bertz CT molecular complexity index is 981. The van der Waals surface area contributed by atoms with Crippen LogP contribution in [0.5, 0.6) is 0 Å². The van der Waals surface area contributed by atoms with Gasteiger partial charge in [-0.2, -0.15) is 11.3 Å². The van der Waals surface area contributed by atoms with Gasteiger partial charge in [0.15, 0.2) is 0 Å². The average Bonchev–Trinajstić information content (AvgIpc) is 3.20. The van der Waals surface area contributed by atoms with E-state index in [2.05, 4.69) is 4.98 Å². The lowest BCUT2D eigenvalue weighted by molar-refractivity contribution is 0.494. The SMILES string of the molecule is CC(C)Cn1c(N)c(-c2csc(-c3ccsc3)n2)c(=O)n(C)c1=O. The van der Waals surface area contributed by atoms with E-state index in [4.69, 9.17) is 5.73 Å². The van der Waals surface area contributed by atoms with E-state index in [0.717, 1.165) is 15.1 Å². The lowest BCUT2D eigenvalue weighted by Crippen LogP contribution is -2.41. The van der Waals surface area contributed by atoms with Crippen LogP contribution < -0.4 is 17.0 Å². The third kappa shape index (κ3) is 2.83. The first kappa shape index (κ1) is 16.7. The standard InChI is InChI=1S/C16H18N4O2S2/c1-9(2)6-20-13(17)12(15(21)19(3)16(20)22)11-8-24-14(18-11)10-4-5-23-7-10/h4-5,7-9H,6,17H2,1-3H3. The zero-order valence-corrected chi connectivity index (χ0v) is 15.3. The van der Waals surface area contributed by atoms with E-state index in [-0.39, 0.29) is 17.3 Å². The number of hydrogen-bond acceptors (Lipinski definition) is 6. The molecule has 3 rings (SSSR count). The maximum absolute atomic E-state index is 12.6. The molecule has 0 spiro atoms. The maximum atomic E-state index is 12.6. The molecule has 8 heteroatoms. The van der Waals surface area contributed by atoms with Gasteiger partial charge in [0.2, 0.25) is 0 Å². The summed E-state index contributed by atoms with van der Waals surface area (Å²) >= 11 is 3.04. The number of nitrogens with zero attached hydrogens (tertiary/aromatic N) is 3. The molecule has 0 bridgehead atoms. The summed E-state index contributed by atoms with van der Waals surface area (Å²) in [5.41, 5.74) is 7.18. The van der Waals surface area contributed by atoms with Gasteiger partial charge in [-0.1, -0.05) is 13.8 Å². The van der Waals surface area contributed by atoms with Crippen molar-refractivity contribution in [1.29, 1.82) is 0 Å². The molecule has 0 amide bonds. The van der Waals surface area contributed by atoms with E-state index in [9.17, 15) is 9.59 Å². The second-order valence-electron chi connectivity index (χ2n) is 5.96. The fraction of sp³-hybridized carbons (Fsp3) is 0.312. The van der Waals surface area contributed by atoms with Crippen LogP contribution >= 0.6 is 22.7 Å². The summed E-state index contributed by atoms with van der Waals surface area (Å²) in [6.45, 7) is 4.44. The lowest BCUT2D eigenvalue weighted by atomic mass is 10.2. The molecule has 0 aromatic carbocycles. The molecule has 126 valence electrons. The number of hydrogen-bond donors (Lipinski definition) is 1. The third-order valence-corrected chi connectivity index (χ3v) is 5.23. The van der Waals surface area contributed by atoms with Crippen molar-refractivity contribution in [3.8, 4) is 21.8 Å². The number of thiazole rings is 1. The van der Waals surface area contributed by atoms with Crippen LogP contribution in [-0.4, -0.2) is 14.1 Å². The molecule has 2 N–H and O–H groups in total. The summed E-state index contributed by atoms with van der Waals surface area (Å²) in [4.78, 5) is 29.5. The van der Waals surface area contributed by atoms with Gasteiger partial charge in [0, 0.05) is 29.9 Å². The Balaban J connectivity index is 2.19. The van der Waals surface area contributed by atoms with Crippen molar-refractivity contribution in [2.75, 3.05) is 5.73 Å². The summed E-state index contributed by atoms with van der Waals surface area (Å²) in [5, 5.41) is 6.62. The zero-order valence-electron chi connectivity index (χ0n) is 13.6.